The van der Waals surface area contributed by atoms with Gasteiger partial charge in [0, 0.05) is 6.61 Å². The summed E-state index contributed by atoms with van der Waals surface area (Å²) >= 11 is 0. The highest BCUT2D eigenvalue weighted by molar-refractivity contribution is 5.63. The van der Waals surface area contributed by atoms with Crippen LogP contribution in [0.3, 0.4) is 0 Å². The predicted molar refractivity (Wildman–Crippen MR) is 51.8 cm³/mol. The molecule has 1 aromatic carbocycles. The minimum atomic E-state index is 0.226. The molecular formula is C11H14O. The number of allylic oxidation sites excluding steroid dienone is 1. The van der Waals surface area contributed by atoms with Crippen molar-refractivity contribution in [3.63, 3.8) is 0 Å². The van der Waals surface area contributed by atoms with Crippen molar-refractivity contribution in [1.29, 1.82) is 0 Å². The Bertz CT molecular complexity index is 249. The van der Waals surface area contributed by atoms with Crippen molar-refractivity contribution in [2.75, 3.05) is 6.61 Å². The van der Waals surface area contributed by atoms with Gasteiger partial charge in [0.15, 0.2) is 0 Å². The van der Waals surface area contributed by atoms with E-state index >= 15 is 0 Å². The Kier molecular flexibility index (Phi) is 3.55. The number of benzene rings is 1. The van der Waals surface area contributed by atoms with Crippen LogP contribution in [0.25, 0.3) is 5.57 Å². The normalized spacial score (nSPS) is 11.7. The highest BCUT2D eigenvalue weighted by Gasteiger charge is 1.91. The molecule has 1 aromatic rings. The van der Waals surface area contributed by atoms with E-state index < -0.39 is 0 Å². The summed E-state index contributed by atoms with van der Waals surface area (Å²) in [6.45, 7) is 2.29. The molecule has 0 amide bonds. The van der Waals surface area contributed by atoms with E-state index in [1.54, 1.807) is 0 Å². The van der Waals surface area contributed by atoms with Gasteiger partial charge in [-0.25, -0.2) is 0 Å². The second-order valence-electron chi connectivity index (χ2n) is 2.77. The Balaban J connectivity index is 2.71. The summed E-state index contributed by atoms with van der Waals surface area (Å²) in [5.41, 5.74) is 2.45. The molecule has 1 nitrogen and oxygen atoms in total. The molecule has 0 radical (unpaired) electrons. The summed E-state index contributed by atoms with van der Waals surface area (Å²) in [5.74, 6) is 0. The van der Waals surface area contributed by atoms with E-state index in [1.165, 1.54) is 11.1 Å². The Morgan fingerprint density at radius 2 is 2.00 bits per heavy atom. The summed E-state index contributed by atoms with van der Waals surface area (Å²) in [6, 6.07) is 10.2. The Hall–Kier alpha value is -1.08. The summed E-state index contributed by atoms with van der Waals surface area (Å²) < 4.78 is 0. The van der Waals surface area contributed by atoms with Gasteiger partial charge in [-0.05, 0) is 24.5 Å². The molecule has 0 saturated heterocycles. The van der Waals surface area contributed by atoms with Gasteiger partial charge in [0.2, 0.25) is 0 Å². The van der Waals surface area contributed by atoms with Crippen LogP contribution in [0.4, 0.5) is 0 Å². The quantitative estimate of drug-likeness (QED) is 0.724. The van der Waals surface area contributed by atoms with E-state index in [9.17, 15) is 0 Å². The maximum atomic E-state index is 8.62. The topological polar surface area (TPSA) is 20.2 Å². The molecule has 0 saturated carbocycles. The monoisotopic (exact) mass is 162 g/mol. The van der Waals surface area contributed by atoms with Crippen LogP contribution >= 0.6 is 0 Å². The highest BCUT2D eigenvalue weighted by atomic mass is 16.2. The van der Waals surface area contributed by atoms with Crippen LogP contribution in [0.1, 0.15) is 18.9 Å². The third kappa shape index (κ3) is 2.51. The summed E-state index contributed by atoms with van der Waals surface area (Å²) in [4.78, 5) is 0. The fraction of sp³-hybridized carbons (Fsp3) is 0.273. The lowest BCUT2D eigenvalue weighted by Gasteiger charge is -1.99. The maximum absolute atomic E-state index is 8.62. The lowest BCUT2D eigenvalue weighted by molar-refractivity contribution is 0.303. The molecule has 0 aliphatic rings. The average molecular weight is 162 g/mol. The van der Waals surface area contributed by atoms with Gasteiger partial charge in [0.1, 0.15) is 0 Å². The molecule has 0 bridgehead atoms. The van der Waals surface area contributed by atoms with Crippen LogP contribution in [-0.4, -0.2) is 11.7 Å². The number of rotatable bonds is 3. The van der Waals surface area contributed by atoms with Gasteiger partial charge in [-0.15, -0.1) is 0 Å². The fourth-order valence-electron chi connectivity index (χ4n) is 1.10. The molecule has 1 rings (SSSR count). The second kappa shape index (κ2) is 4.73. The summed E-state index contributed by atoms with van der Waals surface area (Å²) in [6.07, 6.45) is 2.79. The Morgan fingerprint density at radius 1 is 1.33 bits per heavy atom. The number of hydrogen-bond donors (Lipinski definition) is 1. The molecule has 64 valence electrons. The SMILES string of the molecule is C/C(=C/CCO)c1ccccc1. The third-order valence-corrected chi connectivity index (χ3v) is 1.81. The standard InChI is InChI=1S/C11H14O/c1-10(6-5-9-12)11-7-3-2-4-8-11/h2-4,6-8,12H,5,9H2,1H3/b10-6-. The third-order valence-electron chi connectivity index (χ3n) is 1.81. The van der Waals surface area contributed by atoms with E-state index in [-0.39, 0.29) is 6.61 Å². The van der Waals surface area contributed by atoms with E-state index in [2.05, 4.69) is 25.1 Å². The van der Waals surface area contributed by atoms with Crippen molar-refractivity contribution in [1.82, 2.24) is 0 Å². The number of hydrogen-bond acceptors (Lipinski definition) is 1. The van der Waals surface area contributed by atoms with Gasteiger partial charge >= 0.3 is 0 Å². The molecule has 0 spiro atoms. The van der Waals surface area contributed by atoms with Gasteiger partial charge < -0.3 is 5.11 Å². The number of aliphatic hydroxyl groups is 1. The van der Waals surface area contributed by atoms with Crippen LogP contribution < -0.4 is 0 Å². The summed E-state index contributed by atoms with van der Waals surface area (Å²) in [5, 5.41) is 8.62. The fourth-order valence-corrected chi connectivity index (χ4v) is 1.10. The molecule has 0 aromatic heterocycles. The molecule has 1 heteroatoms. The molecule has 0 aliphatic carbocycles. The zero-order valence-electron chi connectivity index (χ0n) is 7.33. The summed E-state index contributed by atoms with van der Waals surface area (Å²) in [7, 11) is 0. The Labute approximate surface area is 73.4 Å². The molecule has 0 atom stereocenters. The van der Waals surface area contributed by atoms with Gasteiger partial charge in [0.05, 0.1) is 0 Å². The molecule has 1 N–H and O–H groups in total. The molecule has 0 aliphatic heterocycles. The zero-order valence-corrected chi connectivity index (χ0v) is 7.33. The van der Waals surface area contributed by atoms with Crippen LogP contribution in [-0.2, 0) is 0 Å². The van der Waals surface area contributed by atoms with E-state index in [1.807, 2.05) is 18.2 Å². The smallest absolute Gasteiger partial charge is 0.0465 e. The van der Waals surface area contributed by atoms with Crippen molar-refractivity contribution < 1.29 is 5.11 Å². The average Bonchev–Trinajstić information content (AvgIpc) is 2.15. The molecule has 0 unspecified atom stereocenters. The van der Waals surface area contributed by atoms with Crippen LogP contribution in [0.5, 0.6) is 0 Å². The largest absolute Gasteiger partial charge is 0.396 e. The van der Waals surface area contributed by atoms with Crippen LogP contribution in [0, 0.1) is 0 Å². The van der Waals surface area contributed by atoms with Crippen molar-refractivity contribution in [2.45, 2.75) is 13.3 Å². The van der Waals surface area contributed by atoms with Crippen molar-refractivity contribution >= 4 is 5.57 Å². The van der Waals surface area contributed by atoms with Gasteiger partial charge in [-0.3, -0.25) is 0 Å². The first-order chi connectivity index (χ1) is 5.84. The molecule has 0 fully saturated rings. The first-order valence-electron chi connectivity index (χ1n) is 4.17. The molecule has 0 heterocycles. The first kappa shape index (κ1) is 9.01. The van der Waals surface area contributed by atoms with Gasteiger partial charge in [-0.1, -0.05) is 36.4 Å². The maximum Gasteiger partial charge on any atom is 0.0465 e. The van der Waals surface area contributed by atoms with E-state index in [0.717, 1.165) is 6.42 Å². The van der Waals surface area contributed by atoms with Crippen LogP contribution in [0.15, 0.2) is 36.4 Å². The lowest BCUT2D eigenvalue weighted by Crippen LogP contribution is -1.81. The van der Waals surface area contributed by atoms with E-state index in [4.69, 9.17) is 5.11 Å². The zero-order chi connectivity index (χ0) is 8.81. The highest BCUT2D eigenvalue weighted by Crippen LogP contribution is 2.12. The van der Waals surface area contributed by atoms with E-state index in [0.29, 0.717) is 0 Å². The van der Waals surface area contributed by atoms with Gasteiger partial charge in [0.25, 0.3) is 0 Å². The molecule has 12 heavy (non-hydrogen) atoms. The van der Waals surface area contributed by atoms with Crippen LogP contribution in [0.2, 0.25) is 0 Å². The predicted octanol–water partition coefficient (Wildman–Crippen LogP) is 2.47. The minimum Gasteiger partial charge on any atom is -0.396 e. The molecular weight excluding hydrogens is 148 g/mol. The Morgan fingerprint density at radius 3 is 2.58 bits per heavy atom. The number of aliphatic hydroxyl groups excluding tert-OH is 1. The van der Waals surface area contributed by atoms with Crippen molar-refractivity contribution in [3.05, 3.63) is 42.0 Å². The first-order valence-corrected chi connectivity index (χ1v) is 4.17. The van der Waals surface area contributed by atoms with Crippen molar-refractivity contribution in [3.8, 4) is 0 Å². The minimum absolute atomic E-state index is 0.226. The van der Waals surface area contributed by atoms with Crippen molar-refractivity contribution in [2.24, 2.45) is 0 Å². The second-order valence-corrected chi connectivity index (χ2v) is 2.77. The lowest BCUT2D eigenvalue weighted by atomic mass is 10.1. The van der Waals surface area contributed by atoms with Gasteiger partial charge in [-0.2, -0.15) is 0 Å².